The Kier molecular flexibility index (Phi) is 5.17. The van der Waals surface area contributed by atoms with Gasteiger partial charge in [-0.2, -0.15) is 9.59 Å². The molecule has 18 heavy (non-hydrogen) atoms. The van der Waals surface area contributed by atoms with Crippen LogP contribution in [0.3, 0.4) is 0 Å². The summed E-state index contributed by atoms with van der Waals surface area (Å²) in [5.41, 5.74) is 2.83. The van der Waals surface area contributed by atoms with E-state index in [-0.39, 0.29) is 12.1 Å². The summed E-state index contributed by atoms with van der Waals surface area (Å²) in [6.45, 7) is 1.98. The number of hydrogen-bond donors (Lipinski definition) is 1. The van der Waals surface area contributed by atoms with Gasteiger partial charge in [0, 0.05) is 18.0 Å². The highest BCUT2D eigenvalue weighted by molar-refractivity contribution is 7.09. The van der Waals surface area contributed by atoms with E-state index in [1.165, 1.54) is 0 Å². The Balaban J connectivity index is 0.000000492. The molecular weight excluding hydrogens is 252 g/mol. The molecule has 0 aromatic carbocycles. The Morgan fingerprint density at radius 3 is 2.67 bits per heavy atom. The van der Waals surface area contributed by atoms with Crippen molar-refractivity contribution >= 4 is 29.0 Å². The van der Waals surface area contributed by atoms with Gasteiger partial charge in [-0.05, 0) is 25.0 Å². The largest absolute Gasteiger partial charge is 0.373 e. The number of rotatable bonds is 2. The molecule has 1 aliphatic rings. The van der Waals surface area contributed by atoms with Crippen LogP contribution >= 0.6 is 11.3 Å². The highest BCUT2D eigenvalue weighted by Crippen LogP contribution is 2.26. The maximum absolute atomic E-state index is 11.4. The van der Waals surface area contributed by atoms with Crippen molar-refractivity contribution in [2.75, 3.05) is 7.05 Å². The van der Waals surface area contributed by atoms with Crippen LogP contribution in [0.25, 0.3) is 5.57 Å². The molecule has 1 aromatic heterocycles. The second-order valence-electron chi connectivity index (χ2n) is 3.45. The Morgan fingerprint density at radius 1 is 1.50 bits per heavy atom. The molecule has 1 N–H and O–H groups in total. The molecule has 1 amide bonds. The van der Waals surface area contributed by atoms with E-state index in [9.17, 15) is 4.79 Å². The van der Waals surface area contributed by atoms with Crippen LogP contribution in [0, 0.1) is 6.92 Å². The topological polar surface area (TPSA) is 76.1 Å². The van der Waals surface area contributed by atoms with Crippen molar-refractivity contribution in [1.82, 2.24) is 10.3 Å². The maximum atomic E-state index is 11.4. The molecule has 0 fully saturated rings. The van der Waals surface area contributed by atoms with Gasteiger partial charge in [0.1, 0.15) is 0 Å². The SMILES string of the molecule is CNC(=O)C1=CC(c2csc(C)n2)=CC1.O=C=O. The first-order valence-corrected chi connectivity index (χ1v) is 6.05. The van der Waals surface area contributed by atoms with Gasteiger partial charge in [-0.3, -0.25) is 4.79 Å². The van der Waals surface area contributed by atoms with Crippen molar-refractivity contribution in [2.45, 2.75) is 13.3 Å². The quantitative estimate of drug-likeness (QED) is 0.874. The van der Waals surface area contributed by atoms with E-state index < -0.39 is 0 Å². The molecule has 0 aliphatic heterocycles. The standard InChI is InChI=1S/C11H12N2OS.CO2/c1-7-13-10(6-15-7)8-3-4-9(5-8)11(14)12-2;2-1-3/h3,5-6H,4H2,1-2H3,(H,12,14);. The molecule has 1 heterocycles. The van der Waals surface area contributed by atoms with Crippen LogP contribution in [0.5, 0.6) is 0 Å². The van der Waals surface area contributed by atoms with Gasteiger partial charge in [-0.1, -0.05) is 6.08 Å². The predicted octanol–water partition coefficient (Wildman–Crippen LogP) is 1.33. The van der Waals surface area contributed by atoms with Crippen molar-refractivity contribution in [3.05, 3.63) is 33.8 Å². The number of nitrogens with zero attached hydrogens (tertiary/aromatic N) is 1. The van der Waals surface area contributed by atoms with Crippen LogP contribution < -0.4 is 5.32 Å². The molecule has 0 saturated carbocycles. The molecule has 6 heteroatoms. The van der Waals surface area contributed by atoms with Crippen molar-refractivity contribution in [3.8, 4) is 0 Å². The van der Waals surface area contributed by atoms with Gasteiger partial charge in [-0.25, -0.2) is 4.98 Å². The summed E-state index contributed by atoms with van der Waals surface area (Å²) >= 11 is 1.62. The number of carbonyl (C=O) groups is 1. The highest BCUT2D eigenvalue weighted by atomic mass is 32.1. The number of aryl methyl sites for hydroxylation is 1. The van der Waals surface area contributed by atoms with E-state index in [0.29, 0.717) is 6.42 Å². The molecule has 94 valence electrons. The Labute approximate surface area is 108 Å². The summed E-state index contributed by atoms with van der Waals surface area (Å²) < 4.78 is 0. The van der Waals surface area contributed by atoms with Gasteiger partial charge in [-0.15, -0.1) is 11.3 Å². The minimum atomic E-state index is -0.00629. The summed E-state index contributed by atoms with van der Waals surface area (Å²) in [6, 6.07) is 0. The lowest BCUT2D eigenvalue weighted by atomic mass is 10.2. The third-order valence-electron chi connectivity index (χ3n) is 2.31. The summed E-state index contributed by atoms with van der Waals surface area (Å²) in [7, 11) is 1.65. The Bertz CT molecular complexity index is 537. The first kappa shape index (κ1) is 14.0. The van der Waals surface area contributed by atoms with E-state index >= 15 is 0 Å². The van der Waals surface area contributed by atoms with Crippen LogP contribution in [0.4, 0.5) is 0 Å². The lowest BCUT2D eigenvalue weighted by Gasteiger charge is -1.97. The first-order valence-electron chi connectivity index (χ1n) is 5.17. The average molecular weight is 264 g/mol. The van der Waals surface area contributed by atoms with E-state index in [0.717, 1.165) is 21.8 Å². The van der Waals surface area contributed by atoms with E-state index in [2.05, 4.69) is 10.3 Å². The van der Waals surface area contributed by atoms with Crippen LogP contribution in [0.15, 0.2) is 23.1 Å². The molecule has 0 spiro atoms. The molecule has 0 unspecified atom stereocenters. The number of carbonyl (C=O) groups excluding carboxylic acids is 3. The van der Waals surface area contributed by atoms with Crippen LogP contribution in [0.2, 0.25) is 0 Å². The van der Waals surface area contributed by atoms with Gasteiger partial charge in [0.05, 0.1) is 10.7 Å². The van der Waals surface area contributed by atoms with Crippen LogP contribution in [-0.4, -0.2) is 24.1 Å². The molecule has 5 nitrogen and oxygen atoms in total. The molecule has 2 rings (SSSR count). The zero-order valence-electron chi connectivity index (χ0n) is 10.0. The molecule has 0 bridgehead atoms. The van der Waals surface area contributed by atoms with Crippen molar-refractivity contribution in [1.29, 1.82) is 0 Å². The number of likely N-dealkylation sites (N-methyl/N-ethyl adjacent to an activating group) is 1. The fraction of sp³-hybridized carbons (Fsp3) is 0.250. The van der Waals surface area contributed by atoms with Gasteiger partial charge < -0.3 is 5.32 Å². The molecule has 0 saturated heterocycles. The number of aromatic nitrogens is 1. The van der Waals surface area contributed by atoms with Crippen molar-refractivity contribution in [2.24, 2.45) is 0 Å². The highest BCUT2D eigenvalue weighted by Gasteiger charge is 2.15. The Hall–Kier alpha value is -2.04. The number of amides is 1. The third-order valence-corrected chi connectivity index (χ3v) is 3.08. The number of hydrogen-bond acceptors (Lipinski definition) is 5. The van der Waals surface area contributed by atoms with Crippen molar-refractivity contribution < 1.29 is 14.4 Å². The number of nitrogens with one attached hydrogen (secondary N) is 1. The number of thiazole rings is 1. The minimum absolute atomic E-state index is 0.00629. The van der Waals surface area contributed by atoms with Gasteiger partial charge in [0.2, 0.25) is 5.91 Å². The second kappa shape index (κ2) is 6.64. The van der Waals surface area contributed by atoms with Crippen LogP contribution in [-0.2, 0) is 14.4 Å². The zero-order chi connectivity index (χ0) is 13.5. The first-order chi connectivity index (χ1) is 8.62. The molecule has 0 atom stereocenters. The maximum Gasteiger partial charge on any atom is 0.373 e. The van der Waals surface area contributed by atoms with Crippen LogP contribution in [0.1, 0.15) is 17.1 Å². The zero-order valence-corrected chi connectivity index (χ0v) is 10.8. The lowest BCUT2D eigenvalue weighted by molar-refractivity contribution is -0.191. The smallest absolute Gasteiger partial charge is 0.355 e. The fourth-order valence-corrected chi connectivity index (χ4v) is 2.14. The summed E-state index contributed by atoms with van der Waals surface area (Å²) in [5, 5.41) is 5.69. The monoisotopic (exact) mass is 264 g/mol. The third kappa shape index (κ3) is 3.48. The summed E-state index contributed by atoms with van der Waals surface area (Å²) in [5.74, 6) is -0.00629. The van der Waals surface area contributed by atoms with Gasteiger partial charge >= 0.3 is 6.15 Å². The minimum Gasteiger partial charge on any atom is -0.355 e. The number of allylic oxidation sites excluding steroid dienone is 3. The summed E-state index contributed by atoms with van der Waals surface area (Å²) in [6.07, 6.45) is 4.90. The Morgan fingerprint density at radius 2 is 2.17 bits per heavy atom. The molecule has 1 aliphatic carbocycles. The molecule has 1 aromatic rings. The lowest BCUT2D eigenvalue weighted by Crippen LogP contribution is -2.18. The van der Waals surface area contributed by atoms with E-state index in [4.69, 9.17) is 9.59 Å². The van der Waals surface area contributed by atoms with E-state index in [1.54, 1.807) is 18.4 Å². The summed E-state index contributed by atoms with van der Waals surface area (Å²) in [4.78, 5) is 32.0. The van der Waals surface area contributed by atoms with Gasteiger partial charge in [0.15, 0.2) is 0 Å². The normalized spacial score (nSPS) is 12.8. The van der Waals surface area contributed by atoms with Gasteiger partial charge in [0.25, 0.3) is 0 Å². The fourth-order valence-electron chi connectivity index (χ4n) is 1.52. The second-order valence-corrected chi connectivity index (χ2v) is 4.51. The average Bonchev–Trinajstić information content (AvgIpc) is 2.97. The molecule has 0 radical (unpaired) electrons. The van der Waals surface area contributed by atoms with E-state index in [1.807, 2.05) is 24.5 Å². The van der Waals surface area contributed by atoms with Crippen molar-refractivity contribution in [3.63, 3.8) is 0 Å². The molecular formula is C12H12N2O3S. The predicted molar refractivity (Wildman–Crippen MR) is 66.6 cm³/mol.